The zero-order chi connectivity index (χ0) is 48.0. The molecule has 0 amide bonds. The van der Waals surface area contributed by atoms with E-state index in [2.05, 4.69) is 240 Å². The van der Waals surface area contributed by atoms with E-state index < -0.39 is 0 Å². The molecule has 0 N–H and O–H groups in total. The fraction of sp³-hybridized carbons (Fsp3) is 0. The number of aromatic nitrogens is 4. The van der Waals surface area contributed by atoms with Crippen molar-refractivity contribution in [2.75, 3.05) is 0 Å². The van der Waals surface area contributed by atoms with Crippen LogP contribution in [0.5, 0.6) is 0 Å². The number of hydrogen-bond acceptors (Lipinski definition) is 3. The van der Waals surface area contributed by atoms with Gasteiger partial charge in [0.2, 0.25) is 0 Å². The molecule has 0 bridgehead atoms. The Kier molecular flexibility index (Phi) is 9.19. The molecule has 15 rings (SSSR count). The average molecular weight is 931 g/mol. The van der Waals surface area contributed by atoms with Crippen LogP contribution in [0, 0.1) is 0 Å². The number of furan rings is 1. The Balaban J connectivity index is 0.877. The predicted octanol–water partition coefficient (Wildman–Crippen LogP) is 18.1. The lowest BCUT2D eigenvalue weighted by Crippen LogP contribution is -1.95. The highest BCUT2D eigenvalue weighted by Gasteiger charge is 2.20. The molecule has 0 atom stereocenters. The van der Waals surface area contributed by atoms with Crippen molar-refractivity contribution < 1.29 is 4.42 Å². The van der Waals surface area contributed by atoms with Crippen LogP contribution in [-0.2, 0) is 0 Å². The number of nitrogens with zero attached hydrogens (tertiary/aromatic N) is 4. The summed E-state index contributed by atoms with van der Waals surface area (Å²) in [6.45, 7) is 0. The molecule has 4 aromatic heterocycles. The van der Waals surface area contributed by atoms with Crippen LogP contribution in [0.4, 0.5) is 0 Å². The second kappa shape index (κ2) is 16.4. The van der Waals surface area contributed by atoms with Crippen molar-refractivity contribution in [2.24, 2.45) is 0 Å². The first-order chi connectivity index (χ1) is 36.2. The van der Waals surface area contributed by atoms with Gasteiger partial charge in [0.05, 0.1) is 33.3 Å². The first-order valence-electron chi connectivity index (χ1n) is 24.8. The monoisotopic (exact) mass is 930 g/mol. The van der Waals surface area contributed by atoms with Crippen LogP contribution in [-0.4, -0.2) is 19.1 Å². The summed E-state index contributed by atoms with van der Waals surface area (Å²) in [5, 5.41) is 8.03. The summed E-state index contributed by atoms with van der Waals surface area (Å²) in [6.07, 6.45) is 0. The SMILES string of the molecule is c1ccc(-c2nc(-c3ccccc3)c3ccc(-c4cccc5oc6ccc(-c7ccc8c(c7)c7cc(-c9ccc%10c(c9)c9ccccc9n%10-c9ccccc9)ccc7n8-c7ccccc7)cc6c45)cc3n2)cc1. The molecule has 0 radical (unpaired) electrons. The normalized spacial score (nSPS) is 11.8. The van der Waals surface area contributed by atoms with Crippen molar-refractivity contribution in [2.45, 2.75) is 0 Å². The maximum Gasteiger partial charge on any atom is 0.160 e. The van der Waals surface area contributed by atoms with Crippen molar-refractivity contribution in [3.8, 4) is 67.4 Å². The van der Waals surface area contributed by atoms with Gasteiger partial charge in [-0.2, -0.15) is 0 Å². The van der Waals surface area contributed by atoms with E-state index in [1.165, 1.54) is 43.7 Å². The summed E-state index contributed by atoms with van der Waals surface area (Å²) in [7, 11) is 0. The summed E-state index contributed by atoms with van der Waals surface area (Å²) in [5.74, 6) is 0.700. The maximum absolute atomic E-state index is 6.63. The molecule has 15 aromatic rings. The molecule has 0 fully saturated rings. The second-order valence-corrected chi connectivity index (χ2v) is 18.9. The smallest absolute Gasteiger partial charge is 0.160 e. The summed E-state index contributed by atoms with van der Waals surface area (Å²) < 4.78 is 11.4. The third-order valence-electron chi connectivity index (χ3n) is 14.7. The van der Waals surface area contributed by atoms with E-state index in [9.17, 15) is 0 Å². The van der Waals surface area contributed by atoms with E-state index in [0.717, 1.165) is 94.3 Å². The highest BCUT2D eigenvalue weighted by molar-refractivity contribution is 6.16. The minimum atomic E-state index is 0.700. The first kappa shape index (κ1) is 41.0. The van der Waals surface area contributed by atoms with Gasteiger partial charge < -0.3 is 13.6 Å². The molecule has 4 heterocycles. The van der Waals surface area contributed by atoms with Gasteiger partial charge in [-0.1, -0.05) is 158 Å². The van der Waals surface area contributed by atoms with Crippen molar-refractivity contribution in [1.29, 1.82) is 0 Å². The lowest BCUT2D eigenvalue weighted by molar-refractivity contribution is 0.669. The first-order valence-corrected chi connectivity index (χ1v) is 24.8. The van der Waals surface area contributed by atoms with E-state index in [-0.39, 0.29) is 0 Å². The number of rotatable bonds is 7. The largest absolute Gasteiger partial charge is 0.456 e. The summed E-state index contributed by atoms with van der Waals surface area (Å²) in [4.78, 5) is 10.3. The van der Waals surface area contributed by atoms with Crippen LogP contribution in [0.25, 0.3) is 144 Å². The molecule has 73 heavy (non-hydrogen) atoms. The molecule has 0 unspecified atom stereocenters. The Labute approximate surface area is 420 Å². The minimum Gasteiger partial charge on any atom is -0.456 e. The molecule has 5 heteroatoms. The van der Waals surface area contributed by atoms with Crippen molar-refractivity contribution in [1.82, 2.24) is 19.1 Å². The zero-order valence-corrected chi connectivity index (χ0v) is 39.4. The van der Waals surface area contributed by atoms with Crippen LogP contribution in [0.1, 0.15) is 0 Å². The highest BCUT2D eigenvalue weighted by Crippen LogP contribution is 2.43. The molecule has 0 spiro atoms. The Morgan fingerprint density at radius 2 is 0.781 bits per heavy atom. The van der Waals surface area contributed by atoms with E-state index in [0.29, 0.717) is 5.82 Å². The molecule has 0 saturated carbocycles. The molecule has 0 aliphatic rings. The Morgan fingerprint density at radius 1 is 0.288 bits per heavy atom. The highest BCUT2D eigenvalue weighted by atomic mass is 16.3. The predicted molar refractivity (Wildman–Crippen MR) is 303 cm³/mol. The Bertz CT molecular complexity index is 4650. The molecule has 340 valence electrons. The zero-order valence-electron chi connectivity index (χ0n) is 39.4. The van der Waals surface area contributed by atoms with E-state index >= 15 is 0 Å². The van der Waals surface area contributed by atoms with Gasteiger partial charge in [0, 0.05) is 60.2 Å². The van der Waals surface area contributed by atoms with E-state index in [4.69, 9.17) is 14.4 Å². The van der Waals surface area contributed by atoms with Gasteiger partial charge in [0.25, 0.3) is 0 Å². The Morgan fingerprint density at radius 3 is 1.40 bits per heavy atom. The minimum absolute atomic E-state index is 0.700. The van der Waals surface area contributed by atoms with Gasteiger partial charge in [0.1, 0.15) is 11.2 Å². The number of fused-ring (bicyclic) bond motifs is 10. The number of para-hydroxylation sites is 3. The van der Waals surface area contributed by atoms with Crippen LogP contribution in [0.2, 0.25) is 0 Å². The van der Waals surface area contributed by atoms with Gasteiger partial charge in [-0.3, -0.25) is 0 Å². The Hall–Kier alpha value is -9.84. The van der Waals surface area contributed by atoms with Crippen LogP contribution >= 0.6 is 0 Å². The molecule has 0 aliphatic heterocycles. The molecule has 5 nitrogen and oxygen atoms in total. The summed E-state index contributed by atoms with van der Waals surface area (Å²) in [5.41, 5.74) is 19.3. The van der Waals surface area contributed by atoms with Crippen LogP contribution in [0.15, 0.2) is 259 Å². The van der Waals surface area contributed by atoms with Crippen molar-refractivity contribution in [3.63, 3.8) is 0 Å². The standard InChI is InChI=1S/C68H42N4O/c1-5-16-43(17-6-1)67-54-33-28-49(42-59(54)69-68(70-67)44-18-7-2-8-19-44)52-25-15-27-65-66(52)58-41-48(32-37-64(58)73-65)47-31-36-63-57(40-47)56-39-46(30-35-62(56)72(63)51-22-11-4-12-23-51)45-29-34-61-55(38-45)53-24-13-14-26-60(53)71(61)50-20-9-3-10-21-50/h1-42H. The number of benzene rings is 11. The fourth-order valence-corrected chi connectivity index (χ4v) is 11.3. The van der Waals surface area contributed by atoms with Gasteiger partial charge >= 0.3 is 0 Å². The third kappa shape index (κ3) is 6.63. The van der Waals surface area contributed by atoms with E-state index in [1.54, 1.807) is 0 Å². The lowest BCUT2D eigenvalue weighted by atomic mass is 9.95. The topological polar surface area (TPSA) is 48.8 Å². The summed E-state index contributed by atoms with van der Waals surface area (Å²) >= 11 is 0. The quantitative estimate of drug-likeness (QED) is 0.160. The molecule has 11 aromatic carbocycles. The van der Waals surface area contributed by atoms with Gasteiger partial charge in [0.15, 0.2) is 5.82 Å². The summed E-state index contributed by atoms with van der Waals surface area (Å²) in [6, 6.07) is 91.1. The van der Waals surface area contributed by atoms with Gasteiger partial charge in [-0.15, -0.1) is 0 Å². The molecular formula is C68H42N4O. The maximum atomic E-state index is 6.63. The van der Waals surface area contributed by atoms with Crippen LogP contribution < -0.4 is 0 Å². The van der Waals surface area contributed by atoms with Crippen molar-refractivity contribution in [3.05, 3.63) is 255 Å². The lowest BCUT2D eigenvalue weighted by Gasteiger charge is -2.11. The number of hydrogen-bond donors (Lipinski definition) is 0. The van der Waals surface area contributed by atoms with Gasteiger partial charge in [-0.25, -0.2) is 9.97 Å². The van der Waals surface area contributed by atoms with E-state index in [1.807, 2.05) is 24.3 Å². The second-order valence-electron chi connectivity index (χ2n) is 18.9. The third-order valence-corrected chi connectivity index (χ3v) is 14.7. The fourth-order valence-electron chi connectivity index (χ4n) is 11.3. The van der Waals surface area contributed by atoms with Crippen molar-refractivity contribution >= 4 is 76.5 Å². The molecule has 0 aliphatic carbocycles. The van der Waals surface area contributed by atoms with Crippen LogP contribution in [0.3, 0.4) is 0 Å². The average Bonchev–Trinajstić information content (AvgIpc) is 4.12. The molecule has 0 saturated heterocycles. The molecular weight excluding hydrogens is 889 g/mol. The van der Waals surface area contributed by atoms with Gasteiger partial charge in [-0.05, 0) is 130 Å².